The van der Waals surface area contributed by atoms with Gasteiger partial charge in [0.15, 0.2) is 5.65 Å². The molecule has 3 heterocycles. The van der Waals surface area contributed by atoms with Crippen molar-refractivity contribution >= 4 is 17.3 Å². The molecule has 118 valence electrons. The molecule has 8 nitrogen and oxygen atoms in total. The molecule has 3 aromatic rings. The van der Waals surface area contributed by atoms with E-state index < -0.39 is 5.97 Å². The maximum Gasteiger partial charge on any atom is 0.339 e. The van der Waals surface area contributed by atoms with Gasteiger partial charge < -0.3 is 10.4 Å². The summed E-state index contributed by atoms with van der Waals surface area (Å²) < 4.78 is 1.51. The van der Waals surface area contributed by atoms with Crippen LogP contribution in [-0.2, 0) is 0 Å². The van der Waals surface area contributed by atoms with Crippen molar-refractivity contribution in [3.63, 3.8) is 0 Å². The number of rotatable bonds is 4. The summed E-state index contributed by atoms with van der Waals surface area (Å²) in [5, 5.41) is 25.6. The van der Waals surface area contributed by atoms with Crippen molar-refractivity contribution in [1.82, 2.24) is 19.6 Å². The van der Waals surface area contributed by atoms with E-state index in [0.29, 0.717) is 34.2 Å². The van der Waals surface area contributed by atoms with Gasteiger partial charge in [-0.25, -0.2) is 14.3 Å². The van der Waals surface area contributed by atoms with E-state index in [2.05, 4.69) is 20.4 Å². The molecule has 0 bridgehead atoms. The lowest BCUT2D eigenvalue weighted by atomic mass is 10.1. The molecular formula is C16H12N6O2. The topological polar surface area (TPSA) is 116 Å². The van der Waals surface area contributed by atoms with E-state index >= 15 is 0 Å². The molecule has 1 fully saturated rings. The van der Waals surface area contributed by atoms with Gasteiger partial charge in [-0.2, -0.15) is 10.4 Å². The second-order valence-electron chi connectivity index (χ2n) is 5.62. The van der Waals surface area contributed by atoms with Gasteiger partial charge in [0.2, 0.25) is 0 Å². The standard InChI is InChI=1S/C16H12N6O2/c17-4-9-5-19-15-11(7-20-22(15)8-9)13-3-14(21-10-1-2-10)12(6-18-13)16(23)24/h3,5-8,10H,1-2H2,(H,18,21)(H,23,24). The monoisotopic (exact) mass is 320 g/mol. The molecule has 0 aliphatic heterocycles. The lowest BCUT2D eigenvalue weighted by molar-refractivity contribution is 0.0697. The van der Waals surface area contributed by atoms with E-state index in [1.54, 1.807) is 18.5 Å². The molecule has 0 unspecified atom stereocenters. The number of hydrogen-bond donors (Lipinski definition) is 2. The van der Waals surface area contributed by atoms with Crippen molar-refractivity contribution in [1.29, 1.82) is 5.26 Å². The van der Waals surface area contributed by atoms with Gasteiger partial charge in [-0.1, -0.05) is 0 Å². The Kier molecular flexibility index (Phi) is 3.13. The third-order valence-corrected chi connectivity index (χ3v) is 3.83. The zero-order chi connectivity index (χ0) is 16.7. The van der Waals surface area contributed by atoms with Gasteiger partial charge in [0.25, 0.3) is 0 Å². The van der Waals surface area contributed by atoms with Crippen LogP contribution in [0.2, 0.25) is 0 Å². The number of nitrogens with one attached hydrogen (secondary N) is 1. The van der Waals surface area contributed by atoms with Crippen LogP contribution in [-0.4, -0.2) is 36.7 Å². The number of carboxylic acids is 1. The minimum absolute atomic E-state index is 0.141. The van der Waals surface area contributed by atoms with Crippen molar-refractivity contribution in [3.05, 3.63) is 42.0 Å². The number of hydrogen-bond acceptors (Lipinski definition) is 6. The second-order valence-corrected chi connectivity index (χ2v) is 5.62. The minimum Gasteiger partial charge on any atom is -0.478 e. The molecule has 1 saturated carbocycles. The van der Waals surface area contributed by atoms with Crippen molar-refractivity contribution in [3.8, 4) is 17.3 Å². The normalized spacial score (nSPS) is 13.6. The Balaban J connectivity index is 1.81. The molecule has 2 N–H and O–H groups in total. The summed E-state index contributed by atoms with van der Waals surface area (Å²) in [5.74, 6) is -1.02. The first-order valence-corrected chi connectivity index (χ1v) is 7.39. The fraction of sp³-hybridized carbons (Fsp3) is 0.188. The second kappa shape index (κ2) is 5.31. The van der Waals surface area contributed by atoms with Gasteiger partial charge in [-0.05, 0) is 18.9 Å². The largest absolute Gasteiger partial charge is 0.478 e. The number of fused-ring (bicyclic) bond motifs is 1. The molecule has 0 radical (unpaired) electrons. The summed E-state index contributed by atoms with van der Waals surface area (Å²) in [6.07, 6.45) is 8.07. The van der Waals surface area contributed by atoms with Crippen molar-refractivity contribution < 1.29 is 9.90 Å². The first-order chi connectivity index (χ1) is 11.7. The Labute approximate surface area is 136 Å². The number of carbonyl (C=O) groups is 1. The Morgan fingerprint density at radius 1 is 1.33 bits per heavy atom. The van der Waals surface area contributed by atoms with E-state index in [1.807, 2.05) is 6.07 Å². The van der Waals surface area contributed by atoms with E-state index in [9.17, 15) is 9.90 Å². The summed E-state index contributed by atoms with van der Waals surface area (Å²) in [6.45, 7) is 0. The van der Waals surface area contributed by atoms with Crippen LogP contribution < -0.4 is 5.32 Å². The smallest absolute Gasteiger partial charge is 0.339 e. The number of anilines is 1. The third kappa shape index (κ3) is 2.42. The molecule has 0 atom stereocenters. The third-order valence-electron chi connectivity index (χ3n) is 3.83. The Bertz CT molecular complexity index is 999. The molecule has 0 saturated heterocycles. The molecule has 0 spiro atoms. The predicted octanol–water partition coefficient (Wildman–Crippen LogP) is 1.94. The summed E-state index contributed by atoms with van der Waals surface area (Å²) >= 11 is 0. The number of pyridine rings is 1. The highest BCUT2D eigenvalue weighted by atomic mass is 16.4. The van der Waals surface area contributed by atoms with E-state index in [0.717, 1.165) is 12.8 Å². The number of nitriles is 1. The Morgan fingerprint density at radius 2 is 2.17 bits per heavy atom. The van der Waals surface area contributed by atoms with Gasteiger partial charge in [0.1, 0.15) is 11.6 Å². The molecule has 0 amide bonds. The van der Waals surface area contributed by atoms with Crippen molar-refractivity contribution in [2.24, 2.45) is 0 Å². The van der Waals surface area contributed by atoms with Gasteiger partial charge in [-0.15, -0.1) is 0 Å². The van der Waals surface area contributed by atoms with Crippen LogP contribution in [0.1, 0.15) is 28.8 Å². The molecule has 4 rings (SSSR count). The first kappa shape index (κ1) is 14.1. The molecular weight excluding hydrogens is 308 g/mol. The lowest BCUT2D eigenvalue weighted by Gasteiger charge is -2.09. The van der Waals surface area contributed by atoms with Crippen LogP contribution in [0.5, 0.6) is 0 Å². The number of nitrogens with zero attached hydrogens (tertiary/aromatic N) is 5. The quantitative estimate of drug-likeness (QED) is 0.754. The zero-order valence-corrected chi connectivity index (χ0v) is 12.5. The number of aromatic nitrogens is 4. The molecule has 8 heteroatoms. The number of aromatic carboxylic acids is 1. The maximum atomic E-state index is 11.4. The summed E-state index contributed by atoms with van der Waals surface area (Å²) in [6, 6.07) is 4.04. The zero-order valence-electron chi connectivity index (χ0n) is 12.5. The van der Waals surface area contributed by atoms with E-state index in [4.69, 9.17) is 5.26 Å². The fourth-order valence-electron chi connectivity index (χ4n) is 2.45. The SMILES string of the molecule is N#Cc1cnc2c(-c3cc(NC4CC4)c(C(=O)O)cn3)cnn2c1. The van der Waals surface area contributed by atoms with Crippen LogP contribution in [0.15, 0.2) is 30.9 Å². The highest BCUT2D eigenvalue weighted by Gasteiger charge is 2.24. The van der Waals surface area contributed by atoms with Crippen LogP contribution in [0.25, 0.3) is 16.9 Å². The summed E-state index contributed by atoms with van der Waals surface area (Å²) in [5.41, 5.74) is 2.90. The van der Waals surface area contributed by atoms with Gasteiger partial charge in [0.05, 0.1) is 34.9 Å². The van der Waals surface area contributed by atoms with Crippen LogP contribution >= 0.6 is 0 Å². The fourth-order valence-corrected chi connectivity index (χ4v) is 2.45. The highest BCUT2D eigenvalue weighted by Crippen LogP contribution is 2.30. The van der Waals surface area contributed by atoms with Crippen LogP contribution in [0, 0.1) is 11.3 Å². The van der Waals surface area contributed by atoms with Crippen molar-refractivity contribution in [2.45, 2.75) is 18.9 Å². The maximum absolute atomic E-state index is 11.4. The molecule has 24 heavy (non-hydrogen) atoms. The molecule has 0 aromatic carbocycles. The van der Waals surface area contributed by atoms with Gasteiger partial charge in [-0.3, -0.25) is 4.98 Å². The Morgan fingerprint density at radius 3 is 2.88 bits per heavy atom. The minimum atomic E-state index is -1.02. The lowest BCUT2D eigenvalue weighted by Crippen LogP contribution is -2.09. The van der Waals surface area contributed by atoms with E-state index in [1.165, 1.54) is 16.9 Å². The highest BCUT2D eigenvalue weighted by molar-refractivity contribution is 5.95. The molecule has 1 aliphatic rings. The summed E-state index contributed by atoms with van der Waals surface area (Å²) in [7, 11) is 0. The van der Waals surface area contributed by atoms with Gasteiger partial charge >= 0.3 is 5.97 Å². The summed E-state index contributed by atoms with van der Waals surface area (Å²) in [4.78, 5) is 19.9. The van der Waals surface area contributed by atoms with Crippen molar-refractivity contribution in [2.75, 3.05) is 5.32 Å². The van der Waals surface area contributed by atoms with Gasteiger partial charge in [0, 0.05) is 18.4 Å². The molecule has 3 aromatic heterocycles. The first-order valence-electron chi connectivity index (χ1n) is 7.39. The van der Waals surface area contributed by atoms with Crippen LogP contribution in [0.4, 0.5) is 5.69 Å². The van der Waals surface area contributed by atoms with Crippen LogP contribution in [0.3, 0.4) is 0 Å². The average molecular weight is 320 g/mol. The average Bonchev–Trinajstić information content (AvgIpc) is 3.30. The number of carboxylic acid groups (broad SMARTS) is 1. The Hall–Kier alpha value is -3.47. The molecule has 1 aliphatic carbocycles. The predicted molar refractivity (Wildman–Crippen MR) is 84.5 cm³/mol. The van der Waals surface area contributed by atoms with E-state index in [-0.39, 0.29) is 5.56 Å².